The molecule has 0 aromatic carbocycles. The van der Waals surface area contributed by atoms with Crippen LogP contribution in [0, 0.1) is 5.92 Å². The van der Waals surface area contributed by atoms with Crippen LogP contribution >= 0.6 is 0 Å². The van der Waals surface area contributed by atoms with Gasteiger partial charge in [-0.2, -0.15) is 0 Å². The zero-order valence-electron chi connectivity index (χ0n) is 16.3. The molecule has 0 spiro atoms. The number of likely N-dealkylation sites (tertiary alicyclic amines) is 1. The molecule has 1 amide bonds. The molecule has 4 rings (SSSR count). The van der Waals surface area contributed by atoms with Gasteiger partial charge in [0, 0.05) is 35.8 Å². The van der Waals surface area contributed by atoms with E-state index in [1.54, 1.807) is 0 Å². The van der Waals surface area contributed by atoms with Gasteiger partial charge in [-0.15, -0.1) is 0 Å². The van der Waals surface area contributed by atoms with Crippen molar-refractivity contribution in [1.29, 1.82) is 0 Å². The number of pyridine rings is 1. The molecule has 1 unspecified atom stereocenters. The number of amides is 1. The van der Waals surface area contributed by atoms with Crippen molar-refractivity contribution in [2.75, 3.05) is 32.0 Å². The first-order valence-corrected chi connectivity index (χ1v) is 10.4. The molecule has 6 nitrogen and oxygen atoms in total. The molecule has 0 saturated carbocycles. The summed E-state index contributed by atoms with van der Waals surface area (Å²) in [5, 5.41) is 7.51. The van der Waals surface area contributed by atoms with Crippen LogP contribution in [0.5, 0.6) is 0 Å². The minimum absolute atomic E-state index is 0.0629. The standard InChI is InChI=1S/C21H31N5O/c1-26-10-4-7-19(26)18-11-16-14-23-20(12-17(16)24-18)25-21(27)8-2-5-15-6-3-9-22-13-15/h11-12,14-15,19,22,24H,2-10,13H2,1H3,(H,23,25,27)/t15?,19-/m1/s1. The van der Waals surface area contributed by atoms with E-state index in [0.29, 0.717) is 18.3 Å². The number of hydrogen-bond donors (Lipinski definition) is 3. The van der Waals surface area contributed by atoms with Gasteiger partial charge in [-0.25, -0.2) is 4.98 Å². The molecular formula is C21H31N5O. The largest absolute Gasteiger partial charge is 0.357 e. The first-order valence-electron chi connectivity index (χ1n) is 10.4. The molecule has 2 atom stereocenters. The highest BCUT2D eigenvalue weighted by Gasteiger charge is 2.24. The summed E-state index contributed by atoms with van der Waals surface area (Å²) in [6.45, 7) is 3.39. The van der Waals surface area contributed by atoms with E-state index >= 15 is 0 Å². The third-order valence-corrected chi connectivity index (χ3v) is 6.09. The third-order valence-electron chi connectivity index (χ3n) is 6.09. The van der Waals surface area contributed by atoms with Gasteiger partial charge in [0.25, 0.3) is 0 Å². The average molecular weight is 370 g/mol. The lowest BCUT2D eigenvalue weighted by Gasteiger charge is -2.22. The molecule has 146 valence electrons. The van der Waals surface area contributed by atoms with E-state index in [9.17, 15) is 4.79 Å². The van der Waals surface area contributed by atoms with E-state index in [1.165, 1.54) is 31.4 Å². The second-order valence-electron chi connectivity index (χ2n) is 8.17. The van der Waals surface area contributed by atoms with Crippen LogP contribution in [0.1, 0.15) is 56.7 Å². The Labute approximate surface area is 161 Å². The Kier molecular flexibility index (Phi) is 5.74. The molecule has 2 aromatic heterocycles. The lowest BCUT2D eigenvalue weighted by atomic mass is 9.94. The van der Waals surface area contributed by atoms with Crippen molar-refractivity contribution < 1.29 is 4.79 Å². The molecule has 0 bridgehead atoms. The first-order chi connectivity index (χ1) is 13.2. The molecule has 27 heavy (non-hydrogen) atoms. The Morgan fingerprint density at radius 2 is 2.26 bits per heavy atom. The van der Waals surface area contributed by atoms with Crippen LogP contribution in [0.15, 0.2) is 18.3 Å². The highest BCUT2D eigenvalue weighted by atomic mass is 16.1. The van der Waals surface area contributed by atoms with Crippen molar-refractivity contribution in [2.45, 2.75) is 51.0 Å². The van der Waals surface area contributed by atoms with Crippen LogP contribution in [0.25, 0.3) is 10.9 Å². The number of aromatic amines is 1. The van der Waals surface area contributed by atoms with E-state index in [1.807, 2.05) is 12.3 Å². The molecular weight excluding hydrogens is 338 g/mol. The summed E-state index contributed by atoms with van der Waals surface area (Å²) >= 11 is 0. The van der Waals surface area contributed by atoms with E-state index in [2.05, 4.69) is 38.6 Å². The van der Waals surface area contributed by atoms with Gasteiger partial charge in [-0.05, 0) is 77.2 Å². The fourth-order valence-corrected chi connectivity index (χ4v) is 4.53. The number of piperidine rings is 1. The molecule has 4 heterocycles. The molecule has 2 saturated heterocycles. The summed E-state index contributed by atoms with van der Waals surface area (Å²) in [6.07, 6.45) is 9.48. The minimum atomic E-state index is 0.0629. The van der Waals surface area contributed by atoms with Crippen LogP contribution in [-0.4, -0.2) is 47.5 Å². The van der Waals surface area contributed by atoms with Crippen LogP contribution in [0.3, 0.4) is 0 Å². The van der Waals surface area contributed by atoms with E-state index in [-0.39, 0.29) is 5.91 Å². The number of nitrogens with zero attached hydrogens (tertiary/aromatic N) is 2. The van der Waals surface area contributed by atoms with Gasteiger partial charge >= 0.3 is 0 Å². The normalized spacial score (nSPS) is 23.7. The van der Waals surface area contributed by atoms with Crippen molar-refractivity contribution in [3.63, 3.8) is 0 Å². The molecule has 6 heteroatoms. The summed E-state index contributed by atoms with van der Waals surface area (Å²) in [7, 11) is 2.18. The van der Waals surface area contributed by atoms with Crippen LogP contribution < -0.4 is 10.6 Å². The summed E-state index contributed by atoms with van der Waals surface area (Å²) in [6, 6.07) is 4.61. The molecule has 2 aliphatic rings. The molecule has 2 aliphatic heterocycles. The number of hydrogen-bond acceptors (Lipinski definition) is 4. The second kappa shape index (κ2) is 8.40. The number of carbonyl (C=O) groups excluding carboxylic acids is 1. The Hall–Kier alpha value is -1.92. The summed E-state index contributed by atoms with van der Waals surface area (Å²) in [5.41, 5.74) is 2.29. The predicted octanol–water partition coefficient (Wildman–Crippen LogP) is 3.44. The SMILES string of the molecule is CN1CCC[C@@H]1c1cc2cnc(NC(=O)CCCC3CCCNC3)cc2[nH]1. The lowest BCUT2D eigenvalue weighted by molar-refractivity contribution is -0.116. The predicted molar refractivity (Wildman–Crippen MR) is 109 cm³/mol. The van der Waals surface area contributed by atoms with Gasteiger partial charge in [-0.1, -0.05) is 0 Å². The maximum Gasteiger partial charge on any atom is 0.225 e. The van der Waals surface area contributed by atoms with Crippen molar-refractivity contribution in [3.05, 3.63) is 24.0 Å². The monoisotopic (exact) mass is 369 g/mol. The van der Waals surface area contributed by atoms with Crippen molar-refractivity contribution in [2.24, 2.45) is 5.92 Å². The van der Waals surface area contributed by atoms with Crippen LogP contribution in [0.4, 0.5) is 5.82 Å². The average Bonchev–Trinajstić information content (AvgIpc) is 3.27. The van der Waals surface area contributed by atoms with E-state index in [0.717, 1.165) is 49.3 Å². The summed E-state index contributed by atoms with van der Waals surface area (Å²) in [4.78, 5) is 22.6. The van der Waals surface area contributed by atoms with Crippen LogP contribution in [0.2, 0.25) is 0 Å². The van der Waals surface area contributed by atoms with Crippen molar-refractivity contribution in [3.8, 4) is 0 Å². The Morgan fingerprint density at radius 1 is 1.33 bits per heavy atom. The molecule has 0 aliphatic carbocycles. The Bertz CT molecular complexity index is 780. The smallest absolute Gasteiger partial charge is 0.225 e. The van der Waals surface area contributed by atoms with Crippen LogP contribution in [-0.2, 0) is 4.79 Å². The highest BCUT2D eigenvalue weighted by molar-refractivity contribution is 5.92. The summed E-state index contributed by atoms with van der Waals surface area (Å²) in [5.74, 6) is 1.43. The first kappa shape index (κ1) is 18.4. The highest BCUT2D eigenvalue weighted by Crippen LogP contribution is 2.32. The number of anilines is 1. The molecule has 2 aromatic rings. The fourth-order valence-electron chi connectivity index (χ4n) is 4.53. The Morgan fingerprint density at radius 3 is 3.04 bits per heavy atom. The fraction of sp³-hybridized carbons (Fsp3) is 0.619. The summed E-state index contributed by atoms with van der Waals surface area (Å²) < 4.78 is 0. The van der Waals surface area contributed by atoms with Gasteiger partial charge in [0.05, 0.1) is 5.52 Å². The zero-order chi connectivity index (χ0) is 18.6. The van der Waals surface area contributed by atoms with Gasteiger partial charge in [0.2, 0.25) is 5.91 Å². The van der Waals surface area contributed by atoms with Gasteiger partial charge in [0.15, 0.2) is 0 Å². The molecule has 0 radical (unpaired) electrons. The van der Waals surface area contributed by atoms with Gasteiger partial charge in [-0.3, -0.25) is 9.69 Å². The maximum absolute atomic E-state index is 12.3. The van der Waals surface area contributed by atoms with Gasteiger partial charge in [0.1, 0.15) is 5.82 Å². The topological polar surface area (TPSA) is 73.1 Å². The number of H-pyrrole nitrogens is 1. The number of nitrogens with one attached hydrogen (secondary N) is 3. The van der Waals surface area contributed by atoms with Crippen molar-refractivity contribution >= 4 is 22.6 Å². The molecule has 2 fully saturated rings. The molecule has 3 N–H and O–H groups in total. The zero-order valence-corrected chi connectivity index (χ0v) is 16.3. The maximum atomic E-state index is 12.3. The Balaban J connectivity index is 1.32. The second-order valence-corrected chi connectivity index (χ2v) is 8.17. The van der Waals surface area contributed by atoms with E-state index in [4.69, 9.17) is 0 Å². The third kappa shape index (κ3) is 4.50. The van der Waals surface area contributed by atoms with Crippen molar-refractivity contribution in [1.82, 2.24) is 20.2 Å². The number of carbonyl (C=O) groups is 1. The number of fused-ring (bicyclic) bond motifs is 1. The van der Waals surface area contributed by atoms with E-state index < -0.39 is 0 Å². The number of rotatable bonds is 6. The quantitative estimate of drug-likeness (QED) is 0.729. The lowest BCUT2D eigenvalue weighted by Crippen LogP contribution is -2.29. The minimum Gasteiger partial charge on any atom is -0.357 e. The number of aromatic nitrogens is 2. The van der Waals surface area contributed by atoms with Gasteiger partial charge < -0.3 is 15.6 Å².